The molecule has 106 valence electrons. The summed E-state index contributed by atoms with van der Waals surface area (Å²) in [5.41, 5.74) is 0.496. The molecule has 1 saturated heterocycles. The predicted octanol–water partition coefficient (Wildman–Crippen LogP) is 2.04. The van der Waals surface area contributed by atoms with Crippen LogP contribution in [0.2, 0.25) is 0 Å². The highest BCUT2D eigenvalue weighted by Gasteiger charge is 2.37. The van der Waals surface area contributed by atoms with E-state index in [9.17, 15) is 9.59 Å². The van der Waals surface area contributed by atoms with Crippen LogP contribution in [-0.4, -0.2) is 40.1 Å². The summed E-state index contributed by atoms with van der Waals surface area (Å²) in [6.45, 7) is 1.66. The Labute approximate surface area is 116 Å². The molecule has 6 heteroatoms. The lowest BCUT2D eigenvalue weighted by atomic mass is 10.0. The number of hydrogen-bond donors (Lipinski definition) is 2. The Morgan fingerprint density at radius 3 is 2.50 bits per heavy atom. The van der Waals surface area contributed by atoms with Crippen LogP contribution in [0.3, 0.4) is 0 Å². The van der Waals surface area contributed by atoms with Crippen molar-refractivity contribution in [2.24, 2.45) is 11.8 Å². The first-order valence-corrected chi connectivity index (χ1v) is 6.89. The van der Waals surface area contributed by atoms with Gasteiger partial charge in [-0.05, 0) is 36.8 Å². The van der Waals surface area contributed by atoms with Crippen molar-refractivity contribution in [3.05, 3.63) is 24.0 Å². The van der Waals surface area contributed by atoms with Crippen molar-refractivity contribution in [2.45, 2.75) is 19.3 Å². The summed E-state index contributed by atoms with van der Waals surface area (Å²) in [5, 5.41) is 11.5. The van der Waals surface area contributed by atoms with Gasteiger partial charge in [0.2, 0.25) is 0 Å². The molecular formula is C14H17N3O3. The number of carboxylic acid groups (broad SMARTS) is 1. The molecule has 2 amide bonds. The number of carboxylic acids is 1. The molecule has 6 nitrogen and oxygen atoms in total. The van der Waals surface area contributed by atoms with E-state index in [1.54, 1.807) is 6.07 Å². The standard InChI is InChI=1S/C14H17N3O3/c18-13(19)12-5-4-11(6-15-12)16-14(20)17-7-9-2-1-3-10(9)8-17/h4-6,9-10H,1-3,7-8H2,(H,16,20)(H,18,19). The Bertz CT molecular complexity index is 517. The third kappa shape index (κ3) is 2.45. The Balaban J connectivity index is 1.60. The Hall–Kier alpha value is -2.11. The molecule has 0 radical (unpaired) electrons. The van der Waals surface area contributed by atoms with Gasteiger partial charge in [0.25, 0.3) is 0 Å². The number of aromatic nitrogens is 1. The summed E-state index contributed by atoms with van der Waals surface area (Å²) >= 11 is 0. The number of nitrogens with one attached hydrogen (secondary N) is 1. The molecular weight excluding hydrogens is 258 g/mol. The van der Waals surface area contributed by atoms with E-state index in [4.69, 9.17) is 5.11 Å². The van der Waals surface area contributed by atoms with E-state index in [2.05, 4.69) is 10.3 Å². The molecule has 1 aromatic rings. The van der Waals surface area contributed by atoms with Crippen LogP contribution in [0.25, 0.3) is 0 Å². The number of pyridine rings is 1. The molecule has 2 aliphatic rings. The number of carbonyl (C=O) groups excluding carboxylic acids is 1. The normalized spacial score (nSPS) is 24.5. The van der Waals surface area contributed by atoms with Crippen LogP contribution in [0.1, 0.15) is 29.8 Å². The van der Waals surface area contributed by atoms with Gasteiger partial charge in [-0.25, -0.2) is 14.6 Å². The zero-order valence-electron chi connectivity index (χ0n) is 11.1. The first-order valence-electron chi connectivity index (χ1n) is 6.89. The number of rotatable bonds is 2. The minimum Gasteiger partial charge on any atom is -0.477 e. The van der Waals surface area contributed by atoms with Gasteiger partial charge < -0.3 is 15.3 Å². The number of likely N-dealkylation sites (tertiary alicyclic amines) is 1. The Kier molecular flexibility index (Phi) is 3.30. The number of hydrogen-bond acceptors (Lipinski definition) is 3. The quantitative estimate of drug-likeness (QED) is 0.865. The number of fused-ring (bicyclic) bond motifs is 1. The van der Waals surface area contributed by atoms with Crippen LogP contribution in [-0.2, 0) is 0 Å². The molecule has 1 aliphatic heterocycles. The van der Waals surface area contributed by atoms with Crippen molar-refractivity contribution in [3.8, 4) is 0 Å². The smallest absolute Gasteiger partial charge is 0.354 e. The molecule has 1 aliphatic carbocycles. The molecule has 2 fully saturated rings. The Morgan fingerprint density at radius 2 is 1.95 bits per heavy atom. The summed E-state index contributed by atoms with van der Waals surface area (Å²) in [6.07, 6.45) is 5.11. The van der Waals surface area contributed by atoms with Crippen molar-refractivity contribution in [2.75, 3.05) is 18.4 Å². The van der Waals surface area contributed by atoms with E-state index in [1.165, 1.54) is 31.5 Å². The predicted molar refractivity (Wildman–Crippen MR) is 72.6 cm³/mol. The second-order valence-electron chi connectivity index (χ2n) is 5.52. The van der Waals surface area contributed by atoms with Crippen LogP contribution in [0.5, 0.6) is 0 Å². The second-order valence-corrected chi connectivity index (χ2v) is 5.52. The number of amides is 2. The van der Waals surface area contributed by atoms with Crippen LogP contribution in [0, 0.1) is 11.8 Å². The zero-order chi connectivity index (χ0) is 14.1. The van der Waals surface area contributed by atoms with Crippen molar-refractivity contribution in [1.29, 1.82) is 0 Å². The lowest BCUT2D eigenvalue weighted by molar-refractivity contribution is 0.0690. The first kappa shape index (κ1) is 12.9. The van der Waals surface area contributed by atoms with E-state index < -0.39 is 5.97 Å². The van der Waals surface area contributed by atoms with Gasteiger partial charge in [0.15, 0.2) is 0 Å². The van der Waals surface area contributed by atoms with Gasteiger partial charge in [0.1, 0.15) is 5.69 Å². The van der Waals surface area contributed by atoms with Gasteiger partial charge in [-0.2, -0.15) is 0 Å². The van der Waals surface area contributed by atoms with Crippen molar-refractivity contribution < 1.29 is 14.7 Å². The third-order valence-corrected chi connectivity index (χ3v) is 4.25. The van der Waals surface area contributed by atoms with Gasteiger partial charge >= 0.3 is 12.0 Å². The minimum atomic E-state index is -1.07. The molecule has 0 spiro atoms. The average Bonchev–Trinajstić information content (AvgIpc) is 2.99. The van der Waals surface area contributed by atoms with E-state index in [-0.39, 0.29) is 11.7 Å². The number of aromatic carboxylic acids is 1. The number of urea groups is 1. The number of nitrogens with zero attached hydrogens (tertiary/aromatic N) is 2. The van der Waals surface area contributed by atoms with Crippen LogP contribution >= 0.6 is 0 Å². The van der Waals surface area contributed by atoms with Crippen molar-refractivity contribution in [1.82, 2.24) is 9.88 Å². The van der Waals surface area contributed by atoms with Gasteiger partial charge in [-0.3, -0.25) is 0 Å². The third-order valence-electron chi connectivity index (χ3n) is 4.25. The molecule has 1 saturated carbocycles. The number of carbonyl (C=O) groups is 2. The lowest BCUT2D eigenvalue weighted by Crippen LogP contribution is -2.33. The van der Waals surface area contributed by atoms with Gasteiger partial charge in [-0.1, -0.05) is 6.42 Å². The van der Waals surface area contributed by atoms with Crippen LogP contribution < -0.4 is 5.32 Å². The summed E-state index contributed by atoms with van der Waals surface area (Å²) in [6, 6.07) is 2.83. The van der Waals surface area contributed by atoms with E-state index >= 15 is 0 Å². The van der Waals surface area contributed by atoms with Gasteiger partial charge in [-0.15, -0.1) is 0 Å². The monoisotopic (exact) mass is 275 g/mol. The molecule has 3 rings (SSSR count). The largest absolute Gasteiger partial charge is 0.477 e. The van der Waals surface area contributed by atoms with Crippen LogP contribution in [0.4, 0.5) is 10.5 Å². The SMILES string of the molecule is O=C(O)c1ccc(NC(=O)N2CC3CCCC3C2)cn1. The maximum absolute atomic E-state index is 12.1. The highest BCUT2D eigenvalue weighted by molar-refractivity contribution is 5.90. The van der Waals surface area contributed by atoms with Crippen molar-refractivity contribution >= 4 is 17.7 Å². The summed E-state index contributed by atoms with van der Waals surface area (Å²) in [5.74, 6) is 0.247. The van der Waals surface area contributed by atoms with Gasteiger partial charge in [0.05, 0.1) is 11.9 Å². The fourth-order valence-corrected chi connectivity index (χ4v) is 3.20. The highest BCUT2D eigenvalue weighted by Crippen LogP contribution is 2.37. The molecule has 2 atom stereocenters. The molecule has 20 heavy (non-hydrogen) atoms. The average molecular weight is 275 g/mol. The zero-order valence-corrected chi connectivity index (χ0v) is 11.1. The summed E-state index contributed by atoms with van der Waals surface area (Å²) in [7, 11) is 0. The second kappa shape index (κ2) is 5.11. The summed E-state index contributed by atoms with van der Waals surface area (Å²) < 4.78 is 0. The molecule has 0 bridgehead atoms. The molecule has 1 aromatic heterocycles. The molecule has 2 heterocycles. The minimum absolute atomic E-state index is 0.0290. The van der Waals surface area contributed by atoms with Crippen molar-refractivity contribution in [3.63, 3.8) is 0 Å². The maximum atomic E-state index is 12.1. The van der Waals surface area contributed by atoms with E-state index in [1.807, 2.05) is 4.90 Å². The molecule has 2 N–H and O–H groups in total. The fourth-order valence-electron chi connectivity index (χ4n) is 3.20. The molecule has 2 unspecified atom stereocenters. The van der Waals surface area contributed by atoms with E-state index in [0.29, 0.717) is 17.5 Å². The lowest BCUT2D eigenvalue weighted by Gasteiger charge is -2.18. The maximum Gasteiger partial charge on any atom is 0.354 e. The van der Waals surface area contributed by atoms with Crippen LogP contribution in [0.15, 0.2) is 18.3 Å². The van der Waals surface area contributed by atoms with E-state index in [0.717, 1.165) is 13.1 Å². The topological polar surface area (TPSA) is 82.5 Å². The van der Waals surface area contributed by atoms with Gasteiger partial charge in [0, 0.05) is 13.1 Å². The number of anilines is 1. The highest BCUT2D eigenvalue weighted by atomic mass is 16.4. The Morgan fingerprint density at radius 1 is 1.25 bits per heavy atom. The fraction of sp³-hybridized carbons (Fsp3) is 0.500. The summed E-state index contributed by atoms with van der Waals surface area (Å²) in [4.78, 5) is 28.5. The molecule has 0 aromatic carbocycles. The first-order chi connectivity index (χ1) is 9.63.